The first-order valence-corrected chi connectivity index (χ1v) is 7.97. The lowest BCUT2D eigenvalue weighted by Gasteiger charge is -2.21. The second-order valence-electron chi connectivity index (χ2n) is 6.00. The van der Waals surface area contributed by atoms with Crippen LogP contribution in [-0.4, -0.2) is 40.5 Å². The number of aliphatic hydroxyl groups is 1. The van der Waals surface area contributed by atoms with Crippen molar-refractivity contribution in [3.63, 3.8) is 0 Å². The van der Waals surface area contributed by atoms with Crippen LogP contribution in [0.4, 0.5) is 11.5 Å². The van der Waals surface area contributed by atoms with Crippen molar-refractivity contribution in [2.45, 2.75) is 45.6 Å². The third-order valence-corrected chi connectivity index (χ3v) is 4.02. The number of unbranched alkanes of at least 4 members (excludes halogenated alkanes) is 1. The van der Waals surface area contributed by atoms with E-state index in [0.717, 1.165) is 38.8 Å². The summed E-state index contributed by atoms with van der Waals surface area (Å²) in [6.45, 7) is 6.06. The molecule has 0 aromatic carbocycles. The molecular formula is C15H26N4O3. The minimum atomic E-state index is -0.379. The molecule has 1 aliphatic rings. The summed E-state index contributed by atoms with van der Waals surface area (Å²) in [6, 6.07) is 0. The summed E-state index contributed by atoms with van der Waals surface area (Å²) < 4.78 is 1.51. The number of aromatic amines is 1. The van der Waals surface area contributed by atoms with Crippen LogP contribution >= 0.6 is 0 Å². The fourth-order valence-corrected chi connectivity index (χ4v) is 2.96. The predicted octanol–water partition coefficient (Wildman–Crippen LogP) is 0.619. The largest absolute Gasteiger partial charge is 0.393 e. The van der Waals surface area contributed by atoms with Crippen LogP contribution in [0.5, 0.6) is 0 Å². The minimum absolute atomic E-state index is 0.283. The number of aromatic nitrogens is 2. The molecule has 22 heavy (non-hydrogen) atoms. The van der Waals surface area contributed by atoms with Crippen molar-refractivity contribution in [3.05, 3.63) is 20.8 Å². The van der Waals surface area contributed by atoms with Gasteiger partial charge in [-0.15, -0.1) is 0 Å². The molecule has 0 aliphatic carbocycles. The van der Waals surface area contributed by atoms with Gasteiger partial charge in [0.25, 0.3) is 5.56 Å². The quantitative estimate of drug-likeness (QED) is 0.722. The Bertz CT molecular complexity index is 620. The molecule has 0 amide bonds. The second kappa shape index (κ2) is 7.00. The van der Waals surface area contributed by atoms with Gasteiger partial charge in [0.2, 0.25) is 0 Å². The molecule has 0 bridgehead atoms. The molecule has 2 heterocycles. The Balaban J connectivity index is 2.22. The molecule has 2 rings (SSSR count). The standard InChI is InChI=1S/C15H26N4O3/c1-4-8-18-10-19(9-6-5-7-11(2)20)14-12(18)13(21)16-15(22)17(14)3/h11,20H,4-10H2,1-3H3,(H,16,21,22). The SMILES string of the molecule is CCCN1CN(CCCCC(C)O)c2c1c(=O)[nH]c(=O)n2C. The number of fused-ring (bicyclic) bond motifs is 1. The fourth-order valence-electron chi connectivity index (χ4n) is 2.96. The number of anilines is 2. The third-order valence-electron chi connectivity index (χ3n) is 4.02. The molecule has 0 radical (unpaired) electrons. The summed E-state index contributed by atoms with van der Waals surface area (Å²) in [4.78, 5) is 30.5. The van der Waals surface area contributed by atoms with Crippen LogP contribution in [0.15, 0.2) is 9.59 Å². The summed E-state index contributed by atoms with van der Waals surface area (Å²) in [7, 11) is 1.69. The van der Waals surface area contributed by atoms with Gasteiger partial charge in [-0.2, -0.15) is 0 Å². The summed E-state index contributed by atoms with van der Waals surface area (Å²) >= 11 is 0. The van der Waals surface area contributed by atoms with Crippen molar-refractivity contribution in [1.82, 2.24) is 9.55 Å². The Morgan fingerprint density at radius 1 is 1.23 bits per heavy atom. The predicted molar refractivity (Wildman–Crippen MR) is 87.7 cm³/mol. The number of nitrogens with zero attached hydrogens (tertiary/aromatic N) is 3. The van der Waals surface area contributed by atoms with Crippen LogP contribution < -0.4 is 21.0 Å². The molecule has 1 aromatic heterocycles. The molecule has 0 saturated carbocycles. The van der Waals surface area contributed by atoms with Gasteiger partial charge in [0.1, 0.15) is 11.5 Å². The van der Waals surface area contributed by atoms with Crippen LogP contribution in [-0.2, 0) is 7.05 Å². The van der Waals surface area contributed by atoms with Gasteiger partial charge in [-0.05, 0) is 32.6 Å². The Kier molecular flexibility index (Phi) is 5.28. The average Bonchev–Trinajstić information content (AvgIpc) is 2.80. The maximum Gasteiger partial charge on any atom is 0.329 e. The van der Waals surface area contributed by atoms with E-state index >= 15 is 0 Å². The van der Waals surface area contributed by atoms with Crippen molar-refractivity contribution in [2.24, 2.45) is 7.05 Å². The molecule has 7 heteroatoms. The van der Waals surface area contributed by atoms with Crippen molar-refractivity contribution >= 4 is 11.5 Å². The molecule has 0 fully saturated rings. The van der Waals surface area contributed by atoms with Crippen LogP contribution in [0.1, 0.15) is 39.5 Å². The van der Waals surface area contributed by atoms with Gasteiger partial charge in [-0.25, -0.2) is 4.79 Å². The van der Waals surface area contributed by atoms with Crippen molar-refractivity contribution < 1.29 is 5.11 Å². The maximum atomic E-state index is 12.2. The van der Waals surface area contributed by atoms with Crippen molar-refractivity contribution in [1.29, 1.82) is 0 Å². The number of rotatable bonds is 7. The van der Waals surface area contributed by atoms with E-state index < -0.39 is 0 Å². The van der Waals surface area contributed by atoms with Gasteiger partial charge in [-0.1, -0.05) is 6.92 Å². The van der Waals surface area contributed by atoms with Crippen LogP contribution in [0.3, 0.4) is 0 Å². The third kappa shape index (κ3) is 3.35. The second-order valence-corrected chi connectivity index (χ2v) is 6.00. The molecule has 0 saturated heterocycles. The van der Waals surface area contributed by atoms with E-state index in [0.29, 0.717) is 18.2 Å². The van der Waals surface area contributed by atoms with E-state index in [9.17, 15) is 14.7 Å². The van der Waals surface area contributed by atoms with Gasteiger partial charge < -0.3 is 14.9 Å². The highest BCUT2D eigenvalue weighted by Gasteiger charge is 2.30. The normalized spacial score (nSPS) is 15.3. The lowest BCUT2D eigenvalue weighted by molar-refractivity contribution is 0.181. The molecule has 7 nitrogen and oxygen atoms in total. The first-order chi connectivity index (χ1) is 10.5. The maximum absolute atomic E-state index is 12.2. The Labute approximate surface area is 130 Å². The highest BCUT2D eigenvalue weighted by Crippen LogP contribution is 2.31. The molecule has 0 spiro atoms. The topological polar surface area (TPSA) is 81.6 Å². The van der Waals surface area contributed by atoms with E-state index in [1.165, 1.54) is 4.57 Å². The van der Waals surface area contributed by atoms with Gasteiger partial charge in [0.15, 0.2) is 0 Å². The molecule has 2 N–H and O–H groups in total. The molecule has 1 unspecified atom stereocenters. The van der Waals surface area contributed by atoms with Gasteiger partial charge in [0.05, 0.1) is 12.8 Å². The highest BCUT2D eigenvalue weighted by atomic mass is 16.3. The van der Waals surface area contributed by atoms with Crippen LogP contribution in [0.2, 0.25) is 0 Å². The number of H-pyrrole nitrogens is 1. The lowest BCUT2D eigenvalue weighted by Crippen LogP contribution is -2.33. The number of hydrogen-bond donors (Lipinski definition) is 2. The van der Waals surface area contributed by atoms with E-state index in [2.05, 4.69) is 16.8 Å². The molecule has 1 aromatic rings. The number of nitrogens with one attached hydrogen (secondary N) is 1. The summed E-state index contributed by atoms with van der Waals surface area (Å²) in [6.07, 6.45) is 3.28. The first-order valence-electron chi connectivity index (χ1n) is 7.97. The zero-order valence-electron chi connectivity index (χ0n) is 13.6. The fraction of sp³-hybridized carbons (Fsp3) is 0.733. The van der Waals surface area contributed by atoms with Gasteiger partial charge >= 0.3 is 5.69 Å². The number of aliphatic hydroxyl groups excluding tert-OH is 1. The Morgan fingerprint density at radius 3 is 2.59 bits per heavy atom. The van der Waals surface area contributed by atoms with E-state index in [-0.39, 0.29) is 17.4 Å². The zero-order chi connectivity index (χ0) is 16.3. The smallest absolute Gasteiger partial charge is 0.329 e. The van der Waals surface area contributed by atoms with Gasteiger partial charge in [0, 0.05) is 20.1 Å². The highest BCUT2D eigenvalue weighted by molar-refractivity contribution is 5.71. The van der Waals surface area contributed by atoms with E-state index in [1.807, 2.05) is 4.90 Å². The summed E-state index contributed by atoms with van der Waals surface area (Å²) in [5.74, 6) is 0.708. The minimum Gasteiger partial charge on any atom is -0.393 e. The van der Waals surface area contributed by atoms with Gasteiger partial charge in [-0.3, -0.25) is 14.3 Å². The van der Waals surface area contributed by atoms with Crippen LogP contribution in [0.25, 0.3) is 0 Å². The molecular weight excluding hydrogens is 284 g/mol. The summed E-state index contributed by atoms with van der Waals surface area (Å²) in [5, 5.41) is 9.32. The number of hydrogen-bond acceptors (Lipinski definition) is 5. The monoisotopic (exact) mass is 310 g/mol. The van der Waals surface area contributed by atoms with Crippen LogP contribution in [0, 0.1) is 0 Å². The summed E-state index contributed by atoms with van der Waals surface area (Å²) in [5.41, 5.74) is -0.0893. The lowest BCUT2D eigenvalue weighted by atomic mass is 10.2. The molecule has 124 valence electrons. The van der Waals surface area contributed by atoms with E-state index in [4.69, 9.17) is 0 Å². The Morgan fingerprint density at radius 2 is 1.95 bits per heavy atom. The van der Waals surface area contributed by atoms with Crippen molar-refractivity contribution in [3.8, 4) is 0 Å². The molecule has 1 atom stereocenters. The average molecular weight is 310 g/mol. The first kappa shape index (κ1) is 16.6. The molecule has 1 aliphatic heterocycles. The van der Waals surface area contributed by atoms with Crippen molar-refractivity contribution in [2.75, 3.05) is 29.6 Å². The van der Waals surface area contributed by atoms with E-state index in [1.54, 1.807) is 14.0 Å². The Hall–Kier alpha value is -1.76. The zero-order valence-corrected chi connectivity index (χ0v) is 13.6.